The first-order valence-electron chi connectivity index (χ1n) is 7.94. The highest BCUT2D eigenvalue weighted by Crippen LogP contribution is 2.16. The molecule has 0 radical (unpaired) electrons. The van der Waals surface area contributed by atoms with Crippen LogP contribution < -0.4 is 10.0 Å². The molecule has 0 aliphatic rings. The molecule has 2 aromatic carbocycles. The molecule has 0 unspecified atom stereocenters. The van der Waals surface area contributed by atoms with Gasteiger partial charge in [-0.2, -0.15) is 0 Å². The van der Waals surface area contributed by atoms with Crippen molar-refractivity contribution in [2.45, 2.75) is 31.2 Å². The Bertz CT molecular complexity index is 897. The van der Waals surface area contributed by atoms with E-state index >= 15 is 0 Å². The molecule has 2 aromatic rings. The van der Waals surface area contributed by atoms with E-state index in [9.17, 15) is 17.6 Å². The van der Waals surface area contributed by atoms with Crippen LogP contribution in [-0.2, 0) is 14.8 Å². The lowest BCUT2D eigenvalue weighted by atomic mass is 10.1. The fourth-order valence-electron chi connectivity index (χ4n) is 2.11. The summed E-state index contributed by atoms with van der Waals surface area (Å²) < 4.78 is 39.8. The minimum Gasteiger partial charge on any atom is -0.323 e. The molecule has 0 saturated carbocycles. The quantitative estimate of drug-likeness (QED) is 0.784. The third-order valence-corrected chi connectivity index (χ3v) is 4.94. The van der Waals surface area contributed by atoms with Crippen LogP contribution in [0, 0.1) is 5.82 Å². The van der Waals surface area contributed by atoms with Gasteiger partial charge >= 0.3 is 0 Å². The van der Waals surface area contributed by atoms with Crippen molar-refractivity contribution < 1.29 is 17.6 Å². The highest BCUT2D eigenvalue weighted by molar-refractivity contribution is 7.89. The van der Waals surface area contributed by atoms with Gasteiger partial charge < -0.3 is 5.32 Å². The first kappa shape index (κ1) is 19.8. The topological polar surface area (TPSA) is 75.3 Å². The number of carbonyl (C=O) groups excluding carboxylic acids is 1. The molecule has 7 heteroatoms. The summed E-state index contributed by atoms with van der Waals surface area (Å²) in [6.45, 7) is 5.27. The molecular weight excluding hydrogens is 355 g/mol. The average Bonchev–Trinajstić information content (AvgIpc) is 2.52. The lowest BCUT2D eigenvalue weighted by molar-refractivity contribution is -0.111. The molecule has 2 rings (SSSR count). The highest BCUT2D eigenvalue weighted by atomic mass is 32.2. The van der Waals surface area contributed by atoms with Crippen molar-refractivity contribution in [2.24, 2.45) is 0 Å². The maximum absolute atomic E-state index is 12.8. The summed E-state index contributed by atoms with van der Waals surface area (Å²) >= 11 is 0. The van der Waals surface area contributed by atoms with E-state index in [1.165, 1.54) is 42.5 Å². The van der Waals surface area contributed by atoms with Gasteiger partial charge in [-0.15, -0.1) is 0 Å². The molecule has 0 spiro atoms. The summed E-state index contributed by atoms with van der Waals surface area (Å²) in [7, 11) is -3.62. The fraction of sp³-hybridized carbons (Fsp3) is 0.211. The van der Waals surface area contributed by atoms with Crippen LogP contribution in [0.15, 0.2) is 59.5 Å². The van der Waals surface area contributed by atoms with Gasteiger partial charge in [-0.3, -0.25) is 4.79 Å². The zero-order valence-corrected chi connectivity index (χ0v) is 15.6. The van der Waals surface area contributed by atoms with Crippen LogP contribution in [0.3, 0.4) is 0 Å². The number of amides is 1. The van der Waals surface area contributed by atoms with Gasteiger partial charge in [0.05, 0.1) is 4.90 Å². The summed E-state index contributed by atoms with van der Waals surface area (Å²) in [6, 6.07) is 11.6. The summed E-state index contributed by atoms with van der Waals surface area (Å²) in [6.07, 6.45) is 2.87. The molecule has 26 heavy (non-hydrogen) atoms. The van der Waals surface area contributed by atoms with E-state index < -0.39 is 15.6 Å². The second-order valence-electron chi connectivity index (χ2n) is 6.75. The normalized spacial score (nSPS) is 12.3. The lowest BCUT2D eigenvalue weighted by Crippen LogP contribution is -2.40. The Balaban J connectivity index is 2.02. The molecule has 0 atom stereocenters. The van der Waals surface area contributed by atoms with Crippen LogP contribution in [0.4, 0.5) is 10.1 Å². The molecule has 0 aliphatic heterocycles. The number of hydrogen-bond acceptors (Lipinski definition) is 3. The minimum absolute atomic E-state index is 0.118. The number of sulfonamides is 1. The van der Waals surface area contributed by atoms with E-state index in [0.29, 0.717) is 11.3 Å². The van der Waals surface area contributed by atoms with Crippen molar-refractivity contribution in [2.75, 3.05) is 5.32 Å². The van der Waals surface area contributed by atoms with Crippen LogP contribution in [0.5, 0.6) is 0 Å². The molecule has 0 bridgehead atoms. The van der Waals surface area contributed by atoms with Gasteiger partial charge in [0.2, 0.25) is 15.9 Å². The standard InChI is InChI=1S/C19H21FN2O3S/c1-19(2,3)22-26(24,25)17-11-9-16(10-12-17)21-18(23)13-6-14-4-7-15(20)8-5-14/h4-13,22H,1-3H3,(H,21,23). The Hall–Kier alpha value is -2.51. The van der Waals surface area contributed by atoms with E-state index in [-0.39, 0.29) is 16.6 Å². The molecule has 0 fully saturated rings. The van der Waals surface area contributed by atoms with Crippen molar-refractivity contribution in [3.8, 4) is 0 Å². The second-order valence-corrected chi connectivity index (χ2v) is 8.44. The van der Waals surface area contributed by atoms with Gasteiger partial charge in [-0.05, 0) is 68.8 Å². The predicted molar refractivity (Wildman–Crippen MR) is 101 cm³/mol. The first-order valence-corrected chi connectivity index (χ1v) is 9.42. The summed E-state index contributed by atoms with van der Waals surface area (Å²) in [5, 5.41) is 2.64. The zero-order chi connectivity index (χ0) is 19.4. The van der Waals surface area contributed by atoms with Crippen molar-refractivity contribution >= 4 is 27.7 Å². The van der Waals surface area contributed by atoms with Gasteiger partial charge in [0, 0.05) is 17.3 Å². The largest absolute Gasteiger partial charge is 0.323 e. The van der Waals surface area contributed by atoms with Crippen molar-refractivity contribution in [1.82, 2.24) is 4.72 Å². The van der Waals surface area contributed by atoms with E-state index in [0.717, 1.165) is 0 Å². The average molecular weight is 376 g/mol. The van der Waals surface area contributed by atoms with Crippen molar-refractivity contribution in [3.63, 3.8) is 0 Å². The summed E-state index contributed by atoms with van der Waals surface area (Å²) in [5.41, 5.74) is 0.571. The summed E-state index contributed by atoms with van der Waals surface area (Å²) in [5.74, 6) is -0.722. The highest BCUT2D eigenvalue weighted by Gasteiger charge is 2.21. The number of hydrogen-bond donors (Lipinski definition) is 2. The number of rotatable bonds is 5. The van der Waals surface area contributed by atoms with E-state index in [1.54, 1.807) is 39.0 Å². The maximum atomic E-state index is 12.8. The van der Waals surface area contributed by atoms with Gasteiger partial charge in [-0.25, -0.2) is 17.5 Å². The Kier molecular flexibility index (Phi) is 5.94. The van der Waals surface area contributed by atoms with Crippen molar-refractivity contribution in [1.29, 1.82) is 0 Å². The molecule has 0 heterocycles. The van der Waals surface area contributed by atoms with Crippen LogP contribution in [0.25, 0.3) is 6.08 Å². The zero-order valence-electron chi connectivity index (χ0n) is 14.8. The van der Waals surface area contributed by atoms with Crippen LogP contribution in [-0.4, -0.2) is 19.9 Å². The van der Waals surface area contributed by atoms with Gasteiger partial charge in [0.1, 0.15) is 5.82 Å². The van der Waals surface area contributed by atoms with Crippen LogP contribution in [0.1, 0.15) is 26.3 Å². The number of halogens is 1. The minimum atomic E-state index is -3.62. The second kappa shape index (κ2) is 7.80. The third-order valence-electron chi connectivity index (χ3n) is 3.17. The molecule has 0 aromatic heterocycles. The molecule has 138 valence electrons. The van der Waals surface area contributed by atoms with Gasteiger partial charge in [0.15, 0.2) is 0 Å². The maximum Gasteiger partial charge on any atom is 0.248 e. The monoisotopic (exact) mass is 376 g/mol. The van der Waals surface area contributed by atoms with Gasteiger partial charge in [-0.1, -0.05) is 12.1 Å². The van der Waals surface area contributed by atoms with E-state index in [4.69, 9.17) is 0 Å². The number of nitrogens with one attached hydrogen (secondary N) is 2. The molecular formula is C19H21FN2O3S. The van der Waals surface area contributed by atoms with Crippen LogP contribution >= 0.6 is 0 Å². The predicted octanol–water partition coefficient (Wildman–Crippen LogP) is 3.55. The molecule has 1 amide bonds. The Morgan fingerprint density at radius 1 is 1.00 bits per heavy atom. The number of anilines is 1. The fourth-order valence-corrected chi connectivity index (χ4v) is 3.53. The number of benzene rings is 2. The Labute approximate surface area is 153 Å². The van der Waals surface area contributed by atoms with Crippen LogP contribution in [0.2, 0.25) is 0 Å². The molecule has 5 nitrogen and oxygen atoms in total. The van der Waals surface area contributed by atoms with Gasteiger partial charge in [0.25, 0.3) is 0 Å². The lowest BCUT2D eigenvalue weighted by Gasteiger charge is -2.20. The van der Waals surface area contributed by atoms with E-state index in [2.05, 4.69) is 10.0 Å². The first-order chi connectivity index (χ1) is 12.0. The Morgan fingerprint density at radius 2 is 1.58 bits per heavy atom. The SMILES string of the molecule is CC(C)(C)NS(=O)(=O)c1ccc(NC(=O)C=Cc2ccc(F)cc2)cc1. The smallest absolute Gasteiger partial charge is 0.248 e. The molecule has 0 aliphatic carbocycles. The number of carbonyl (C=O) groups is 1. The van der Waals surface area contributed by atoms with E-state index in [1.807, 2.05) is 0 Å². The van der Waals surface area contributed by atoms with Crippen molar-refractivity contribution in [3.05, 3.63) is 66.0 Å². The molecule has 2 N–H and O–H groups in total. The third kappa shape index (κ3) is 6.09. The molecule has 0 saturated heterocycles. The Morgan fingerprint density at radius 3 is 2.12 bits per heavy atom. The summed E-state index contributed by atoms with van der Waals surface area (Å²) in [4.78, 5) is 12.0.